The first-order valence-electron chi connectivity index (χ1n) is 6.45. The van der Waals surface area contributed by atoms with Crippen molar-refractivity contribution in [3.05, 3.63) is 29.8 Å². The van der Waals surface area contributed by atoms with Crippen LogP contribution < -0.4 is 15.4 Å². The van der Waals surface area contributed by atoms with E-state index in [1.54, 1.807) is 7.11 Å². The first-order valence-corrected chi connectivity index (χ1v) is 6.45. The number of hydrogen-bond acceptors (Lipinski definition) is 2. The number of nitrogens with zero attached hydrogens (tertiary/aromatic N) is 1. The molecule has 0 spiro atoms. The fourth-order valence-electron chi connectivity index (χ4n) is 1.53. The molecule has 0 amide bonds. The second kappa shape index (κ2) is 10.9. The van der Waals surface area contributed by atoms with E-state index in [1.165, 1.54) is 0 Å². The highest BCUT2D eigenvalue weighted by Crippen LogP contribution is 2.12. The zero-order chi connectivity index (χ0) is 13.2. The Balaban J connectivity index is 0.00000324. The number of aliphatic imine (C=N–C) groups is 1. The Labute approximate surface area is 133 Å². The number of halogens is 1. The van der Waals surface area contributed by atoms with E-state index in [2.05, 4.69) is 35.5 Å². The fraction of sp³-hybridized carbons (Fsp3) is 0.500. The van der Waals surface area contributed by atoms with Crippen molar-refractivity contribution in [3.63, 3.8) is 0 Å². The first kappa shape index (κ1) is 18.0. The Morgan fingerprint density at radius 2 is 2.05 bits per heavy atom. The van der Waals surface area contributed by atoms with E-state index in [4.69, 9.17) is 4.74 Å². The molecule has 19 heavy (non-hydrogen) atoms. The van der Waals surface area contributed by atoms with Crippen LogP contribution in [0.4, 0.5) is 0 Å². The van der Waals surface area contributed by atoms with Gasteiger partial charge in [0.1, 0.15) is 5.75 Å². The Morgan fingerprint density at radius 1 is 1.26 bits per heavy atom. The van der Waals surface area contributed by atoms with Crippen molar-refractivity contribution in [1.82, 2.24) is 10.6 Å². The fourth-order valence-corrected chi connectivity index (χ4v) is 1.53. The van der Waals surface area contributed by atoms with Gasteiger partial charge in [-0.1, -0.05) is 19.1 Å². The lowest BCUT2D eigenvalue weighted by Crippen LogP contribution is -2.37. The third kappa shape index (κ3) is 7.25. The lowest BCUT2D eigenvalue weighted by Gasteiger charge is -2.10. The van der Waals surface area contributed by atoms with Crippen LogP contribution in [0.2, 0.25) is 0 Å². The van der Waals surface area contributed by atoms with Crippen molar-refractivity contribution in [2.75, 3.05) is 20.2 Å². The van der Waals surface area contributed by atoms with Crippen LogP contribution >= 0.6 is 24.0 Å². The summed E-state index contributed by atoms with van der Waals surface area (Å²) in [5, 5.41) is 6.50. The molecule has 1 aromatic carbocycles. The van der Waals surface area contributed by atoms with Crippen LogP contribution in [0.3, 0.4) is 0 Å². The van der Waals surface area contributed by atoms with Gasteiger partial charge < -0.3 is 15.4 Å². The summed E-state index contributed by atoms with van der Waals surface area (Å²) in [6.45, 7) is 6.65. The molecule has 4 nitrogen and oxygen atoms in total. The van der Waals surface area contributed by atoms with E-state index in [1.807, 2.05) is 18.2 Å². The van der Waals surface area contributed by atoms with E-state index >= 15 is 0 Å². The Kier molecular flexibility index (Phi) is 10.3. The molecular formula is C14H24IN3O. The molecule has 5 heteroatoms. The van der Waals surface area contributed by atoms with Gasteiger partial charge in [0, 0.05) is 13.1 Å². The highest BCUT2D eigenvalue weighted by molar-refractivity contribution is 14.0. The molecule has 1 aromatic rings. The van der Waals surface area contributed by atoms with Crippen LogP contribution in [0.15, 0.2) is 29.3 Å². The number of guanidine groups is 1. The number of hydrogen-bond donors (Lipinski definition) is 2. The maximum absolute atomic E-state index is 5.19. The van der Waals surface area contributed by atoms with Gasteiger partial charge in [0.15, 0.2) is 5.96 Å². The molecule has 0 bridgehead atoms. The van der Waals surface area contributed by atoms with Gasteiger partial charge in [-0.2, -0.15) is 0 Å². The highest BCUT2D eigenvalue weighted by Gasteiger charge is 1.97. The molecule has 0 aliphatic carbocycles. The van der Waals surface area contributed by atoms with Crippen LogP contribution in [0, 0.1) is 0 Å². The lowest BCUT2D eigenvalue weighted by atomic mass is 10.2. The third-order valence-electron chi connectivity index (χ3n) is 2.44. The normalized spacial score (nSPS) is 10.6. The smallest absolute Gasteiger partial charge is 0.191 e. The van der Waals surface area contributed by atoms with Crippen LogP contribution in [-0.2, 0) is 6.54 Å². The molecule has 0 saturated carbocycles. The topological polar surface area (TPSA) is 45.7 Å². The van der Waals surface area contributed by atoms with Crippen LogP contribution in [0.1, 0.15) is 25.8 Å². The Hall–Kier alpha value is -0.980. The zero-order valence-electron chi connectivity index (χ0n) is 11.9. The van der Waals surface area contributed by atoms with Gasteiger partial charge in [0.05, 0.1) is 13.7 Å². The SMILES string of the molecule is CCCNC(=NCc1cccc(OC)c1)NCC.I. The van der Waals surface area contributed by atoms with Crippen molar-refractivity contribution < 1.29 is 4.74 Å². The van der Waals surface area contributed by atoms with E-state index in [9.17, 15) is 0 Å². The van der Waals surface area contributed by atoms with Gasteiger partial charge in [-0.25, -0.2) is 4.99 Å². The Morgan fingerprint density at radius 3 is 2.68 bits per heavy atom. The minimum absolute atomic E-state index is 0. The molecule has 2 N–H and O–H groups in total. The second-order valence-corrected chi connectivity index (χ2v) is 3.97. The molecular weight excluding hydrogens is 353 g/mol. The molecule has 0 saturated heterocycles. The van der Waals surface area contributed by atoms with E-state index in [0.717, 1.165) is 36.8 Å². The van der Waals surface area contributed by atoms with E-state index in [0.29, 0.717) is 6.54 Å². The predicted octanol–water partition coefficient (Wildman–Crippen LogP) is 2.78. The summed E-state index contributed by atoms with van der Waals surface area (Å²) >= 11 is 0. The van der Waals surface area contributed by atoms with Crippen molar-refractivity contribution in [1.29, 1.82) is 0 Å². The number of benzene rings is 1. The summed E-state index contributed by atoms with van der Waals surface area (Å²) in [4.78, 5) is 4.54. The average molecular weight is 377 g/mol. The third-order valence-corrected chi connectivity index (χ3v) is 2.44. The molecule has 0 aromatic heterocycles. The monoisotopic (exact) mass is 377 g/mol. The predicted molar refractivity (Wildman–Crippen MR) is 91.5 cm³/mol. The molecule has 0 aliphatic rings. The first-order chi connectivity index (χ1) is 8.80. The van der Waals surface area contributed by atoms with E-state index in [-0.39, 0.29) is 24.0 Å². The summed E-state index contributed by atoms with van der Waals surface area (Å²) in [5.41, 5.74) is 1.14. The summed E-state index contributed by atoms with van der Waals surface area (Å²) in [7, 11) is 1.68. The summed E-state index contributed by atoms with van der Waals surface area (Å²) < 4.78 is 5.19. The molecule has 0 fully saturated rings. The standard InChI is InChI=1S/C14H23N3O.HI/c1-4-9-16-14(15-5-2)17-11-12-7-6-8-13(10-12)18-3;/h6-8,10H,4-5,9,11H2,1-3H3,(H2,15,16,17);1H. The van der Waals surface area contributed by atoms with Gasteiger partial charge >= 0.3 is 0 Å². The average Bonchev–Trinajstić information content (AvgIpc) is 2.42. The van der Waals surface area contributed by atoms with Crippen molar-refractivity contribution in [2.45, 2.75) is 26.8 Å². The van der Waals surface area contributed by atoms with Crippen LogP contribution in [0.25, 0.3) is 0 Å². The van der Waals surface area contributed by atoms with Crippen molar-refractivity contribution >= 4 is 29.9 Å². The largest absolute Gasteiger partial charge is 0.497 e. The van der Waals surface area contributed by atoms with Crippen LogP contribution in [0.5, 0.6) is 5.75 Å². The Bertz CT molecular complexity index is 383. The van der Waals surface area contributed by atoms with E-state index < -0.39 is 0 Å². The highest BCUT2D eigenvalue weighted by atomic mass is 127. The summed E-state index contributed by atoms with van der Waals surface area (Å²) in [6, 6.07) is 7.98. The van der Waals surface area contributed by atoms with Crippen molar-refractivity contribution in [3.8, 4) is 5.75 Å². The van der Waals surface area contributed by atoms with Gasteiger partial charge in [-0.05, 0) is 31.0 Å². The number of ether oxygens (including phenoxy) is 1. The summed E-state index contributed by atoms with van der Waals surface area (Å²) in [5.74, 6) is 1.73. The van der Waals surface area contributed by atoms with Crippen molar-refractivity contribution in [2.24, 2.45) is 4.99 Å². The number of methoxy groups -OCH3 is 1. The molecule has 0 heterocycles. The van der Waals surface area contributed by atoms with Gasteiger partial charge in [-0.15, -0.1) is 24.0 Å². The minimum atomic E-state index is 0. The minimum Gasteiger partial charge on any atom is -0.497 e. The maximum Gasteiger partial charge on any atom is 0.191 e. The van der Waals surface area contributed by atoms with Gasteiger partial charge in [0.25, 0.3) is 0 Å². The second-order valence-electron chi connectivity index (χ2n) is 3.97. The summed E-state index contributed by atoms with van der Waals surface area (Å²) in [6.07, 6.45) is 1.09. The lowest BCUT2D eigenvalue weighted by molar-refractivity contribution is 0.414. The van der Waals surface area contributed by atoms with Gasteiger partial charge in [-0.3, -0.25) is 0 Å². The molecule has 108 valence electrons. The molecule has 0 aliphatic heterocycles. The molecule has 0 atom stereocenters. The quantitative estimate of drug-likeness (QED) is 0.455. The number of nitrogens with one attached hydrogen (secondary N) is 2. The zero-order valence-corrected chi connectivity index (χ0v) is 14.2. The molecule has 0 unspecified atom stereocenters. The van der Waals surface area contributed by atoms with Gasteiger partial charge in [0.2, 0.25) is 0 Å². The molecule has 0 radical (unpaired) electrons. The maximum atomic E-state index is 5.19. The molecule has 1 rings (SSSR count). The number of rotatable bonds is 6. The van der Waals surface area contributed by atoms with Crippen LogP contribution in [-0.4, -0.2) is 26.2 Å².